The minimum Gasteiger partial charge on any atom is -0.487 e. The molecule has 0 spiro atoms. The van der Waals surface area contributed by atoms with Crippen molar-refractivity contribution in [2.75, 3.05) is 18.2 Å². The maximum Gasteiger partial charge on any atom is 0.329 e. The van der Waals surface area contributed by atoms with E-state index in [1.54, 1.807) is 13.8 Å². The molecule has 0 aliphatic rings. The third kappa shape index (κ3) is 3.83. The number of para-hydroxylation sites is 1. The van der Waals surface area contributed by atoms with Crippen molar-refractivity contribution in [2.24, 2.45) is 5.92 Å². The molecule has 0 amide bonds. The number of halogens is 1. The molecule has 1 atom stereocenters. The van der Waals surface area contributed by atoms with Crippen LogP contribution in [-0.2, 0) is 9.84 Å². The monoisotopic (exact) mass is 321 g/mol. The van der Waals surface area contributed by atoms with Crippen LogP contribution < -0.4 is 4.74 Å². The molecule has 8 heteroatoms. The molecule has 0 aliphatic heterocycles. The van der Waals surface area contributed by atoms with Crippen LogP contribution in [0.5, 0.6) is 5.75 Å². The van der Waals surface area contributed by atoms with Gasteiger partial charge in [-0.1, -0.05) is 13.0 Å². The summed E-state index contributed by atoms with van der Waals surface area (Å²) in [4.78, 5) is 10.1. The van der Waals surface area contributed by atoms with Gasteiger partial charge in [0, 0.05) is 5.88 Å². The first-order valence-corrected chi connectivity index (χ1v) is 8.21. The molecular weight excluding hydrogens is 306 g/mol. The molecule has 1 aromatic carbocycles. The van der Waals surface area contributed by atoms with Gasteiger partial charge in [-0.3, -0.25) is 10.1 Å². The lowest BCUT2D eigenvalue weighted by Gasteiger charge is -2.11. The average Bonchev–Trinajstić information content (AvgIpc) is 2.38. The van der Waals surface area contributed by atoms with Crippen LogP contribution in [-0.4, -0.2) is 31.6 Å². The second kappa shape index (κ2) is 6.90. The van der Waals surface area contributed by atoms with E-state index in [-0.39, 0.29) is 34.8 Å². The largest absolute Gasteiger partial charge is 0.487 e. The summed E-state index contributed by atoms with van der Waals surface area (Å²) in [7, 11) is -3.79. The number of alkyl halides is 1. The normalized spacial score (nSPS) is 12.9. The third-order valence-electron chi connectivity index (χ3n) is 2.55. The number of benzene rings is 1. The van der Waals surface area contributed by atoms with Crippen LogP contribution in [0.25, 0.3) is 0 Å². The molecule has 0 N–H and O–H groups in total. The first kappa shape index (κ1) is 16.7. The zero-order valence-electron chi connectivity index (χ0n) is 11.2. The van der Waals surface area contributed by atoms with Gasteiger partial charge in [-0.15, -0.1) is 11.6 Å². The lowest BCUT2D eigenvalue weighted by atomic mass is 10.3. The summed E-state index contributed by atoms with van der Waals surface area (Å²) in [5.41, 5.74) is -0.517. The number of hydrogen-bond donors (Lipinski definition) is 0. The first-order chi connectivity index (χ1) is 9.33. The van der Waals surface area contributed by atoms with Gasteiger partial charge in [0.1, 0.15) is 4.90 Å². The molecule has 0 aliphatic carbocycles. The van der Waals surface area contributed by atoms with Crippen LogP contribution in [0.1, 0.15) is 13.8 Å². The molecule has 112 valence electrons. The van der Waals surface area contributed by atoms with Gasteiger partial charge in [-0.2, -0.15) is 0 Å². The van der Waals surface area contributed by atoms with Gasteiger partial charge in [0.05, 0.1) is 17.3 Å². The highest BCUT2D eigenvalue weighted by Crippen LogP contribution is 2.34. The van der Waals surface area contributed by atoms with Gasteiger partial charge in [-0.05, 0) is 25.0 Å². The SMILES string of the molecule is CCOc1cccc(S(=O)(=O)CC(C)CCl)c1[N+](=O)[O-]. The molecule has 0 aromatic heterocycles. The predicted octanol–water partition coefficient (Wildman–Crippen LogP) is 2.64. The Balaban J connectivity index is 3.37. The molecule has 20 heavy (non-hydrogen) atoms. The summed E-state index contributed by atoms with van der Waals surface area (Å²) in [5.74, 6) is -0.417. The number of nitro benzene ring substituents is 1. The van der Waals surface area contributed by atoms with E-state index in [1.807, 2.05) is 0 Å². The number of rotatable bonds is 7. The van der Waals surface area contributed by atoms with Crippen LogP contribution in [0.2, 0.25) is 0 Å². The number of sulfone groups is 1. The summed E-state index contributed by atoms with van der Waals surface area (Å²) in [6.07, 6.45) is 0. The van der Waals surface area contributed by atoms with Crippen molar-refractivity contribution in [2.45, 2.75) is 18.7 Å². The van der Waals surface area contributed by atoms with Crippen molar-refractivity contribution in [3.63, 3.8) is 0 Å². The third-order valence-corrected chi connectivity index (χ3v) is 5.08. The lowest BCUT2D eigenvalue weighted by Crippen LogP contribution is -2.16. The summed E-state index contributed by atoms with van der Waals surface area (Å²) in [6, 6.07) is 4.03. The topological polar surface area (TPSA) is 86.5 Å². The highest BCUT2D eigenvalue weighted by Gasteiger charge is 2.30. The van der Waals surface area contributed by atoms with E-state index in [9.17, 15) is 18.5 Å². The summed E-state index contributed by atoms with van der Waals surface area (Å²) in [5, 5.41) is 11.2. The fourth-order valence-electron chi connectivity index (χ4n) is 1.71. The Labute approximate surface area is 122 Å². The molecule has 0 heterocycles. The van der Waals surface area contributed by atoms with E-state index in [0.717, 1.165) is 0 Å². The van der Waals surface area contributed by atoms with E-state index in [2.05, 4.69) is 0 Å². The minimum absolute atomic E-state index is 0.0444. The molecule has 1 unspecified atom stereocenters. The molecular formula is C12H16ClNO5S. The van der Waals surface area contributed by atoms with E-state index >= 15 is 0 Å². The first-order valence-electron chi connectivity index (χ1n) is 6.02. The molecule has 0 saturated heterocycles. The van der Waals surface area contributed by atoms with E-state index < -0.39 is 20.4 Å². The van der Waals surface area contributed by atoms with Crippen molar-refractivity contribution >= 4 is 27.1 Å². The Kier molecular flexibility index (Phi) is 5.76. The fourth-order valence-corrected chi connectivity index (χ4v) is 3.75. The van der Waals surface area contributed by atoms with Gasteiger partial charge in [0.25, 0.3) is 0 Å². The average molecular weight is 322 g/mol. The van der Waals surface area contributed by atoms with E-state index in [0.29, 0.717) is 0 Å². The van der Waals surface area contributed by atoms with E-state index in [4.69, 9.17) is 16.3 Å². The Bertz CT molecular complexity index is 588. The van der Waals surface area contributed by atoms with Crippen molar-refractivity contribution < 1.29 is 18.1 Å². The summed E-state index contributed by atoms with van der Waals surface area (Å²) in [6.45, 7) is 3.55. The van der Waals surface area contributed by atoms with Crippen molar-refractivity contribution in [3.05, 3.63) is 28.3 Å². The maximum absolute atomic E-state index is 12.3. The zero-order valence-corrected chi connectivity index (χ0v) is 12.8. The number of ether oxygens (including phenoxy) is 1. The van der Waals surface area contributed by atoms with Gasteiger partial charge in [-0.25, -0.2) is 8.42 Å². The Morgan fingerprint density at radius 3 is 2.60 bits per heavy atom. The van der Waals surface area contributed by atoms with Crippen LogP contribution in [0.3, 0.4) is 0 Å². The van der Waals surface area contributed by atoms with Crippen LogP contribution in [0.15, 0.2) is 23.1 Å². The number of nitrogens with zero attached hydrogens (tertiary/aromatic N) is 1. The summed E-state index contributed by atoms with van der Waals surface area (Å²) < 4.78 is 29.7. The lowest BCUT2D eigenvalue weighted by molar-refractivity contribution is -0.388. The molecule has 6 nitrogen and oxygen atoms in total. The second-order valence-electron chi connectivity index (χ2n) is 4.33. The molecule has 0 radical (unpaired) electrons. The quantitative estimate of drug-likeness (QED) is 0.437. The Morgan fingerprint density at radius 2 is 2.10 bits per heavy atom. The van der Waals surface area contributed by atoms with Crippen molar-refractivity contribution in [1.29, 1.82) is 0 Å². The van der Waals surface area contributed by atoms with Gasteiger partial charge >= 0.3 is 5.69 Å². The smallest absolute Gasteiger partial charge is 0.329 e. The van der Waals surface area contributed by atoms with Gasteiger partial charge < -0.3 is 4.74 Å². The van der Waals surface area contributed by atoms with Crippen LogP contribution in [0, 0.1) is 16.0 Å². The highest BCUT2D eigenvalue weighted by atomic mass is 35.5. The molecule has 1 aromatic rings. The molecule has 0 saturated carbocycles. The predicted molar refractivity (Wildman–Crippen MR) is 76.2 cm³/mol. The molecule has 0 fully saturated rings. The summed E-state index contributed by atoms with van der Waals surface area (Å²) >= 11 is 5.61. The second-order valence-corrected chi connectivity index (χ2v) is 6.65. The number of hydrogen-bond acceptors (Lipinski definition) is 5. The molecule has 1 rings (SSSR count). The highest BCUT2D eigenvalue weighted by molar-refractivity contribution is 7.91. The zero-order chi connectivity index (χ0) is 15.3. The molecule has 0 bridgehead atoms. The van der Waals surface area contributed by atoms with Crippen molar-refractivity contribution in [1.82, 2.24) is 0 Å². The van der Waals surface area contributed by atoms with Gasteiger partial charge in [0.2, 0.25) is 0 Å². The Hall–Kier alpha value is -1.34. The standard InChI is InChI=1S/C12H16ClNO5S/c1-3-19-10-5-4-6-11(12(10)14(15)16)20(17,18)8-9(2)7-13/h4-6,9H,3,7-8H2,1-2H3. The number of nitro groups is 1. The van der Waals surface area contributed by atoms with Crippen LogP contribution in [0.4, 0.5) is 5.69 Å². The maximum atomic E-state index is 12.3. The van der Waals surface area contributed by atoms with Crippen LogP contribution >= 0.6 is 11.6 Å². The van der Waals surface area contributed by atoms with E-state index in [1.165, 1.54) is 18.2 Å². The van der Waals surface area contributed by atoms with Crippen molar-refractivity contribution in [3.8, 4) is 5.75 Å². The van der Waals surface area contributed by atoms with Gasteiger partial charge in [0.15, 0.2) is 15.6 Å². The minimum atomic E-state index is -3.79. The fraction of sp³-hybridized carbons (Fsp3) is 0.500. The Morgan fingerprint density at radius 1 is 1.45 bits per heavy atom.